The molecule has 1 aliphatic carbocycles. The van der Waals surface area contributed by atoms with Crippen LogP contribution in [0.1, 0.15) is 72.9 Å². The highest BCUT2D eigenvalue weighted by Crippen LogP contribution is 2.40. The van der Waals surface area contributed by atoms with Gasteiger partial charge < -0.3 is 14.5 Å². The molecule has 1 amide bonds. The van der Waals surface area contributed by atoms with Gasteiger partial charge >= 0.3 is 0 Å². The molecule has 4 aromatic rings. The Labute approximate surface area is 217 Å². The molecule has 1 unspecified atom stereocenters. The number of aromatic nitrogens is 5. The Balaban J connectivity index is 1.52. The zero-order valence-corrected chi connectivity index (χ0v) is 22.0. The van der Waals surface area contributed by atoms with Gasteiger partial charge in [0.15, 0.2) is 0 Å². The molecule has 0 saturated heterocycles. The molecule has 1 saturated carbocycles. The van der Waals surface area contributed by atoms with Gasteiger partial charge in [-0.2, -0.15) is 5.10 Å². The third kappa shape index (κ3) is 5.28. The van der Waals surface area contributed by atoms with Crippen molar-refractivity contribution in [3.8, 4) is 11.3 Å². The second kappa shape index (κ2) is 10.2. The van der Waals surface area contributed by atoms with E-state index in [2.05, 4.69) is 48.3 Å². The first-order chi connectivity index (χ1) is 17.8. The Morgan fingerprint density at radius 1 is 1.11 bits per heavy atom. The summed E-state index contributed by atoms with van der Waals surface area (Å²) in [4.78, 5) is 18.3. The summed E-state index contributed by atoms with van der Waals surface area (Å²) < 4.78 is 5.76. The molecule has 2 N–H and O–H groups in total. The zero-order chi connectivity index (χ0) is 26.1. The monoisotopic (exact) mass is 497 g/mol. The van der Waals surface area contributed by atoms with Crippen LogP contribution in [0.2, 0.25) is 0 Å². The lowest BCUT2D eigenvalue weighted by atomic mass is 10.0. The SMILES string of the molecule is CCn1ccn(Cc2cc(C(=O)NC(c3cc(C)ccn3)C3CC3)cc(-c3ccnn3C(C)C)c2)c1=N. The molecular formula is C29H35N7O. The molecule has 0 aliphatic heterocycles. The van der Waals surface area contributed by atoms with Crippen molar-refractivity contribution in [3.05, 3.63) is 89.2 Å². The van der Waals surface area contributed by atoms with Crippen LogP contribution in [0.3, 0.4) is 0 Å². The number of carbonyl (C=O) groups is 1. The molecule has 1 atom stereocenters. The first kappa shape index (κ1) is 24.7. The zero-order valence-electron chi connectivity index (χ0n) is 22.0. The van der Waals surface area contributed by atoms with Gasteiger partial charge in [0, 0.05) is 48.5 Å². The number of amides is 1. The van der Waals surface area contributed by atoms with Crippen molar-refractivity contribution >= 4 is 5.91 Å². The number of aryl methyl sites for hydroxylation is 2. The van der Waals surface area contributed by atoms with E-state index in [0.29, 0.717) is 23.6 Å². The number of benzene rings is 1. The molecular weight excluding hydrogens is 462 g/mol. The van der Waals surface area contributed by atoms with E-state index in [1.807, 2.05) is 63.6 Å². The van der Waals surface area contributed by atoms with Crippen molar-refractivity contribution in [2.24, 2.45) is 5.92 Å². The summed E-state index contributed by atoms with van der Waals surface area (Å²) >= 11 is 0. The van der Waals surface area contributed by atoms with E-state index in [0.717, 1.165) is 47.5 Å². The number of imidazole rings is 1. The Morgan fingerprint density at radius 3 is 2.57 bits per heavy atom. The second-order valence-electron chi connectivity index (χ2n) is 10.3. The van der Waals surface area contributed by atoms with Crippen LogP contribution in [0.15, 0.2) is 61.2 Å². The predicted octanol–water partition coefficient (Wildman–Crippen LogP) is 4.87. The average Bonchev–Trinajstić information content (AvgIpc) is 3.48. The minimum Gasteiger partial charge on any atom is -0.343 e. The van der Waals surface area contributed by atoms with E-state index < -0.39 is 0 Å². The van der Waals surface area contributed by atoms with Crippen LogP contribution < -0.4 is 10.9 Å². The fraction of sp³-hybridized carbons (Fsp3) is 0.379. The lowest BCUT2D eigenvalue weighted by Crippen LogP contribution is -2.30. The molecule has 8 nitrogen and oxygen atoms in total. The molecule has 1 aliphatic rings. The van der Waals surface area contributed by atoms with Gasteiger partial charge in [-0.15, -0.1) is 0 Å². The summed E-state index contributed by atoms with van der Waals surface area (Å²) in [5.74, 6) is 0.305. The topological polar surface area (TPSA) is 93.5 Å². The van der Waals surface area contributed by atoms with E-state index in [4.69, 9.17) is 5.41 Å². The van der Waals surface area contributed by atoms with Gasteiger partial charge in [0.2, 0.25) is 5.62 Å². The lowest BCUT2D eigenvalue weighted by molar-refractivity contribution is 0.0930. The maximum Gasteiger partial charge on any atom is 0.251 e. The van der Waals surface area contributed by atoms with Crippen LogP contribution >= 0.6 is 0 Å². The molecule has 3 aromatic heterocycles. The van der Waals surface area contributed by atoms with Gasteiger partial charge in [0.1, 0.15) is 0 Å². The van der Waals surface area contributed by atoms with E-state index in [-0.39, 0.29) is 18.0 Å². The lowest BCUT2D eigenvalue weighted by Gasteiger charge is -2.19. The van der Waals surface area contributed by atoms with Gasteiger partial charge in [-0.3, -0.25) is 19.9 Å². The summed E-state index contributed by atoms with van der Waals surface area (Å²) in [5.41, 5.74) is 5.96. The van der Waals surface area contributed by atoms with E-state index in [1.165, 1.54) is 0 Å². The number of pyridine rings is 1. The number of hydrogen-bond acceptors (Lipinski definition) is 4. The number of nitrogens with one attached hydrogen (secondary N) is 2. The van der Waals surface area contributed by atoms with Gasteiger partial charge in [-0.1, -0.05) is 0 Å². The molecule has 0 radical (unpaired) electrons. The Hall–Kier alpha value is -3.94. The Morgan fingerprint density at radius 2 is 1.89 bits per heavy atom. The van der Waals surface area contributed by atoms with Crippen LogP contribution in [0.25, 0.3) is 11.3 Å². The van der Waals surface area contributed by atoms with Crippen LogP contribution in [0.4, 0.5) is 0 Å². The fourth-order valence-electron chi connectivity index (χ4n) is 4.88. The molecule has 0 bridgehead atoms. The maximum absolute atomic E-state index is 13.7. The predicted molar refractivity (Wildman–Crippen MR) is 143 cm³/mol. The quantitative estimate of drug-likeness (QED) is 0.346. The summed E-state index contributed by atoms with van der Waals surface area (Å²) in [6, 6.07) is 12.1. The highest BCUT2D eigenvalue weighted by atomic mass is 16.1. The van der Waals surface area contributed by atoms with Crippen molar-refractivity contribution in [1.29, 1.82) is 5.41 Å². The third-order valence-electron chi connectivity index (χ3n) is 7.01. The van der Waals surface area contributed by atoms with E-state index in [9.17, 15) is 4.79 Å². The molecule has 1 fully saturated rings. The maximum atomic E-state index is 13.7. The Kier molecular flexibility index (Phi) is 6.82. The first-order valence-electron chi connectivity index (χ1n) is 13.1. The largest absolute Gasteiger partial charge is 0.343 e. The highest BCUT2D eigenvalue weighted by Gasteiger charge is 2.34. The van der Waals surface area contributed by atoms with Gasteiger partial charge in [0.25, 0.3) is 5.91 Å². The Bertz CT molecular complexity index is 1470. The molecule has 192 valence electrons. The van der Waals surface area contributed by atoms with Crippen LogP contribution in [0, 0.1) is 18.3 Å². The van der Waals surface area contributed by atoms with E-state index in [1.54, 1.807) is 6.20 Å². The minimum absolute atomic E-state index is 0.103. The fourth-order valence-corrected chi connectivity index (χ4v) is 4.88. The van der Waals surface area contributed by atoms with Crippen molar-refractivity contribution in [1.82, 2.24) is 29.2 Å². The van der Waals surface area contributed by atoms with E-state index >= 15 is 0 Å². The molecule has 3 heterocycles. The minimum atomic E-state index is -0.110. The third-order valence-corrected chi connectivity index (χ3v) is 7.01. The molecule has 37 heavy (non-hydrogen) atoms. The van der Waals surface area contributed by atoms with Crippen molar-refractivity contribution in [2.75, 3.05) is 0 Å². The average molecular weight is 498 g/mol. The van der Waals surface area contributed by atoms with Crippen molar-refractivity contribution in [2.45, 2.75) is 65.7 Å². The van der Waals surface area contributed by atoms with Gasteiger partial charge in [-0.25, -0.2) is 0 Å². The number of rotatable bonds is 9. The number of hydrogen-bond donors (Lipinski definition) is 2. The molecule has 8 heteroatoms. The highest BCUT2D eigenvalue weighted by molar-refractivity contribution is 5.96. The molecule has 0 spiro atoms. The molecule has 5 rings (SSSR count). The van der Waals surface area contributed by atoms with Crippen LogP contribution in [0.5, 0.6) is 0 Å². The summed E-state index contributed by atoms with van der Waals surface area (Å²) in [6.07, 6.45) is 9.64. The van der Waals surface area contributed by atoms with Crippen molar-refractivity contribution in [3.63, 3.8) is 0 Å². The summed E-state index contributed by atoms with van der Waals surface area (Å²) in [7, 11) is 0. The number of nitrogens with zero attached hydrogens (tertiary/aromatic N) is 5. The molecule has 1 aromatic carbocycles. The number of carbonyl (C=O) groups excluding carboxylic acids is 1. The van der Waals surface area contributed by atoms with Crippen molar-refractivity contribution < 1.29 is 4.79 Å². The van der Waals surface area contributed by atoms with Gasteiger partial charge in [0.05, 0.1) is 24.0 Å². The van der Waals surface area contributed by atoms with Crippen LogP contribution in [-0.2, 0) is 13.1 Å². The summed E-state index contributed by atoms with van der Waals surface area (Å²) in [5, 5.41) is 16.3. The van der Waals surface area contributed by atoms with Gasteiger partial charge in [-0.05, 0) is 94.0 Å². The smallest absolute Gasteiger partial charge is 0.251 e. The van der Waals surface area contributed by atoms with Crippen LogP contribution in [-0.4, -0.2) is 29.8 Å². The normalized spacial score (nSPS) is 14.2. The standard InChI is InChI=1S/C29H35N7O/c1-5-34-12-13-35(29(34)30)18-21-15-23(26-9-11-32-36(26)19(2)3)17-24(16-21)28(37)33-27(22-6-7-22)25-14-20(4)8-10-31-25/h8-17,19,22,27,30H,5-7,18H2,1-4H3,(H,33,37). The second-order valence-corrected chi connectivity index (χ2v) is 10.3. The first-order valence-corrected chi connectivity index (χ1v) is 13.1. The summed E-state index contributed by atoms with van der Waals surface area (Å²) in [6.45, 7) is 9.51.